The molecule has 0 heterocycles. The predicted octanol–water partition coefficient (Wildman–Crippen LogP) is 2.28. The molecule has 0 aliphatic heterocycles. The Labute approximate surface area is 136 Å². The Morgan fingerprint density at radius 3 is 2.35 bits per heavy atom. The van der Waals surface area contributed by atoms with Gasteiger partial charge in [0.25, 0.3) is 0 Å². The fourth-order valence-electron chi connectivity index (χ4n) is 2.74. The summed E-state index contributed by atoms with van der Waals surface area (Å²) in [5, 5.41) is 13.7. The lowest BCUT2D eigenvalue weighted by atomic mass is 9.67. The third-order valence-electron chi connectivity index (χ3n) is 3.86. The van der Waals surface area contributed by atoms with E-state index >= 15 is 0 Å². The van der Waals surface area contributed by atoms with Crippen LogP contribution in [-0.4, -0.2) is 41.3 Å². The van der Waals surface area contributed by atoms with E-state index in [2.05, 4.69) is 5.32 Å². The van der Waals surface area contributed by atoms with Crippen molar-refractivity contribution in [3.8, 4) is 0 Å². The molecule has 8 heteroatoms. The predicted molar refractivity (Wildman–Crippen MR) is 82.6 cm³/mol. The minimum atomic E-state index is -0.776. The quantitative estimate of drug-likeness (QED) is 0.436. The van der Waals surface area contributed by atoms with E-state index in [-0.39, 0.29) is 13.0 Å². The number of hydrogen-bond acceptors (Lipinski definition) is 6. The van der Waals surface area contributed by atoms with Crippen LogP contribution in [-0.2, 0) is 14.3 Å². The number of nitrogens with one attached hydrogen (secondary N) is 1. The van der Waals surface area contributed by atoms with Crippen molar-refractivity contribution in [2.75, 3.05) is 13.2 Å². The molecule has 0 radical (unpaired) electrons. The number of carbonyl (C=O) groups excluding carboxylic acids is 2. The first-order valence-electron chi connectivity index (χ1n) is 7.86. The Hall–Kier alpha value is -1.86. The highest BCUT2D eigenvalue weighted by atomic mass is 16.6. The summed E-state index contributed by atoms with van der Waals surface area (Å²) in [5.74, 6) is -1.10. The molecule has 0 spiro atoms. The van der Waals surface area contributed by atoms with Crippen LogP contribution in [0.25, 0.3) is 0 Å². The molecule has 1 fully saturated rings. The van der Waals surface area contributed by atoms with Gasteiger partial charge in [0.2, 0.25) is 6.54 Å². The molecule has 1 saturated carbocycles. The van der Waals surface area contributed by atoms with E-state index in [4.69, 9.17) is 9.47 Å². The van der Waals surface area contributed by atoms with Crippen LogP contribution in [0.3, 0.4) is 0 Å². The van der Waals surface area contributed by atoms with E-state index in [1.807, 2.05) is 0 Å². The molecule has 132 valence electrons. The lowest BCUT2D eigenvalue weighted by Gasteiger charge is -2.46. The van der Waals surface area contributed by atoms with Gasteiger partial charge in [0.05, 0.1) is 24.5 Å². The second-order valence-electron chi connectivity index (χ2n) is 6.86. The smallest absolute Gasteiger partial charge is 0.408 e. The molecule has 0 unspecified atom stereocenters. The molecule has 0 aromatic rings. The Morgan fingerprint density at radius 2 is 1.96 bits per heavy atom. The molecular weight excluding hydrogens is 304 g/mol. The fourth-order valence-corrected chi connectivity index (χ4v) is 2.74. The largest absolute Gasteiger partial charge is 0.466 e. The summed E-state index contributed by atoms with van der Waals surface area (Å²) in [5.41, 5.74) is -1.43. The zero-order valence-electron chi connectivity index (χ0n) is 14.2. The second kappa shape index (κ2) is 7.61. The summed E-state index contributed by atoms with van der Waals surface area (Å²) in [7, 11) is 0. The van der Waals surface area contributed by atoms with Gasteiger partial charge < -0.3 is 14.8 Å². The van der Waals surface area contributed by atoms with Gasteiger partial charge in [-0.15, -0.1) is 0 Å². The third kappa shape index (κ3) is 6.03. The maximum atomic E-state index is 12.0. The van der Waals surface area contributed by atoms with Crippen molar-refractivity contribution in [1.82, 2.24) is 5.32 Å². The third-order valence-corrected chi connectivity index (χ3v) is 3.86. The maximum absolute atomic E-state index is 12.0. The number of rotatable bonds is 7. The van der Waals surface area contributed by atoms with Crippen molar-refractivity contribution in [1.29, 1.82) is 0 Å². The van der Waals surface area contributed by atoms with Crippen molar-refractivity contribution in [2.45, 2.75) is 64.5 Å². The normalized spacial score (nSPS) is 17.6. The van der Waals surface area contributed by atoms with Crippen LogP contribution in [0.5, 0.6) is 0 Å². The summed E-state index contributed by atoms with van der Waals surface area (Å²) in [6.45, 7) is 6.73. The lowest BCUT2D eigenvalue weighted by molar-refractivity contribution is -0.491. The first-order valence-corrected chi connectivity index (χ1v) is 7.86. The van der Waals surface area contributed by atoms with Gasteiger partial charge in [-0.2, -0.15) is 0 Å². The second-order valence-corrected chi connectivity index (χ2v) is 6.86. The average Bonchev–Trinajstić information content (AvgIpc) is 2.30. The van der Waals surface area contributed by atoms with Crippen LogP contribution < -0.4 is 5.32 Å². The molecule has 1 amide bonds. The van der Waals surface area contributed by atoms with Gasteiger partial charge in [0.1, 0.15) is 5.60 Å². The molecule has 1 rings (SSSR count). The average molecular weight is 330 g/mol. The van der Waals surface area contributed by atoms with Gasteiger partial charge >= 0.3 is 12.1 Å². The highest BCUT2D eigenvalue weighted by molar-refractivity contribution is 5.71. The molecule has 23 heavy (non-hydrogen) atoms. The zero-order valence-corrected chi connectivity index (χ0v) is 14.2. The first-order chi connectivity index (χ1) is 10.6. The number of hydrogen-bond donors (Lipinski definition) is 1. The molecule has 1 aliphatic rings. The van der Waals surface area contributed by atoms with E-state index < -0.39 is 40.6 Å². The van der Waals surface area contributed by atoms with E-state index in [1.54, 1.807) is 27.7 Å². The summed E-state index contributed by atoms with van der Waals surface area (Å²) in [6, 6.07) is 0. The van der Waals surface area contributed by atoms with Crippen molar-refractivity contribution in [3.63, 3.8) is 0 Å². The van der Waals surface area contributed by atoms with Crippen molar-refractivity contribution in [2.24, 2.45) is 5.92 Å². The van der Waals surface area contributed by atoms with Crippen LogP contribution in [0.15, 0.2) is 0 Å². The van der Waals surface area contributed by atoms with Crippen LogP contribution in [0.1, 0.15) is 53.4 Å². The van der Waals surface area contributed by atoms with Crippen molar-refractivity contribution < 1.29 is 24.0 Å². The van der Waals surface area contributed by atoms with Gasteiger partial charge in [-0.3, -0.25) is 14.9 Å². The van der Waals surface area contributed by atoms with Gasteiger partial charge in [-0.05, 0) is 47.0 Å². The summed E-state index contributed by atoms with van der Waals surface area (Å²) in [4.78, 5) is 34.3. The highest BCUT2D eigenvalue weighted by Gasteiger charge is 2.49. The molecule has 0 aromatic carbocycles. The Kier molecular flexibility index (Phi) is 6.35. The standard InChI is InChI=1S/C15H26N2O6/c1-5-22-12(18)9-11(10-17(20)21)15(7-6-8-15)16-13(19)23-14(2,3)4/h11H,5-10H2,1-4H3,(H,16,19)/t11-/m1/s1. The molecule has 1 atom stereocenters. The Bertz CT molecular complexity index is 453. The molecule has 0 aromatic heterocycles. The Morgan fingerprint density at radius 1 is 1.35 bits per heavy atom. The number of esters is 1. The van der Waals surface area contributed by atoms with Gasteiger partial charge in [0.15, 0.2) is 0 Å². The molecule has 0 saturated heterocycles. The van der Waals surface area contributed by atoms with E-state index in [0.29, 0.717) is 12.8 Å². The molecular formula is C15H26N2O6. The first kappa shape index (κ1) is 19.2. The van der Waals surface area contributed by atoms with Gasteiger partial charge in [0, 0.05) is 4.92 Å². The SMILES string of the molecule is CCOC(=O)C[C@H](C[N+](=O)[O-])C1(NC(=O)OC(C)(C)C)CCC1. The molecule has 1 aliphatic carbocycles. The fraction of sp³-hybridized carbons (Fsp3) is 0.867. The number of alkyl carbamates (subject to hydrolysis) is 1. The minimum absolute atomic E-state index is 0.0926. The van der Waals surface area contributed by atoms with E-state index in [9.17, 15) is 19.7 Å². The number of nitrogens with zero attached hydrogens (tertiary/aromatic N) is 1. The number of carbonyl (C=O) groups is 2. The number of nitro groups is 1. The van der Waals surface area contributed by atoms with Crippen LogP contribution >= 0.6 is 0 Å². The van der Waals surface area contributed by atoms with E-state index in [0.717, 1.165) is 6.42 Å². The number of amides is 1. The summed E-state index contributed by atoms with van der Waals surface area (Å²) in [6.07, 6.45) is 1.31. The highest BCUT2D eigenvalue weighted by Crippen LogP contribution is 2.40. The van der Waals surface area contributed by atoms with Crippen molar-refractivity contribution in [3.05, 3.63) is 10.1 Å². The summed E-state index contributed by atoms with van der Waals surface area (Å²) < 4.78 is 10.1. The van der Waals surface area contributed by atoms with Gasteiger partial charge in [-0.25, -0.2) is 4.79 Å². The van der Waals surface area contributed by atoms with Crippen LogP contribution in [0, 0.1) is 16.0 Å². The zero-order chi connectivity index (χ0) is 17.7. The maximum Gasteiger partial charge on any atom is 0.408 e. The lowest BCUT2D eigenvalue weighted by Crippen LogP contribution is -2.61. The van der Waals surface area contributed by atoms with Gasteiger partial charge in [-0.1, -0.05) is 0 Å². The van der Waals surface area contributed by atoms with Crippen LogP contribution in [0.2, 0.25) is 0 Å². The Balaban J connectivity index is 2.83. The molecule has 8 nitrogen and oxygen atoms in total. The summed E-state index contributed by atoms with van der Waals surface area (Å²) >= 11 is 0. The van der Waals surface area contributed by atoms with E-state index in [1.165, 1.54) is 0 Å². The van der Waals surface area contributed by atoms with Crippen LogP contribution in [0.4, 0.5) is 4.79 Å². The monoisotopic (exact) mass is 330 g/mol. The molecule has 1 N–H and O–H groups in total. The topological polar surface area (TPSA) is 108 Å². The minimum Gasteiger partial charge on any atom is -0.466 e. The molecule has 0 bridgehead atoms. The number of ether oxygens (including phenoxy) is 2. The van der Waals surface area contributed by atoms with Crippen molar-refractivity contribution >= 4 is 12.1 Å².